The van der Waals surface area contributed by atoms with Gasteiger partial charge in [-0.25, -0.2) is 9.18 Å². The molecule has 1 aliphatic rings. The molecule has 5 rings (SSSR count). The molecule has 43 heavy (non-hydrogen) atoms. The van der Waals surface area contributed by atoms with Gasteiger partial charge < -0.3 is 14.8 Å². The molecule has 2 heterocycles. The summed E-state index contributed by atoms with van der Waals surface area (Å²) in [5.41, 5.74) is -1.59. The number of rotatable bonds is 7. The third kappa shape index (κ3) is 6.33. The summed E-state index contributed by atoms with van der Waals surface area (Å²) in [6, 6.07) is 17.5. The van der Waals surface area contributed by atoms with Gasteiger partial charge in [-0.15, -0.1) is 0 Å². The Kier molecular flexibility index (Phi) is 7.87. The molecule has 218 valence electrons. The molecular weight excluding hydrogens is 594 g/mol. The molecule has 0 saturated carbocycles. The van der Waals surface area contributed by atoms with Gasteiger partial charge in [-0.3, -0.25) is 9.59 Å². The molecule has 1 aromatic heterocycles. The molecule has 2 N–H and O–H groups in total. The third-order valence-corrected chi connectivity index (χ3v) is 6.59. The first-order chi connectivity index (χ1) is 20.4. The van der Waals surface area contributed by atoms with Crippen LogP contribution in [0.4, 0.5) is 23.2 Å². The standard InChI is InChI=1S/C30H18ClF4N3O5/c31-24-10-6-17(13-22(24)27(39)36-15-16-4-7-19(32)8-5-16)25-11-9-21(43-25)14-23-26(30(33,34)35)37-38(28(23)40)20-3-1-2-18(12-20)29(41)42/h1-14H,15H2,(H,36,39)(H,41,42). The average Bonchev–Trinajstić information content (AvgIpc) is 3.57. The zero-order valence-electron chi connectivity index (χ0n) is 21.7. The minimum Gasteiger partial charge on any atom is -0.478 e. The minimum atomic E-state index is -5.01. The number of aromatic carboxylic acids is 1. The summed E-state index contributed by atoms with van der Waals surface area (Å²) in [4.78, 5) is 37.1. The Hall–Kier alpha value is -5.23. The number of hydrazone groups is 1. The summed E-state index contributed by atoms with van der Waals surface area (Å²) in [6.45, 7) is 0.104. The number of alkyl halides is 3. The van der Waals surface area contributed by atoms with Crippen LogP contribution >= 0.6 is 11.6 Å². The minimum absolute atomic E-state index is 0.0919. The Balaban J connectivity index is 1.40. The number of carboxylic acids is 1. The highest BCUT2D eigenvalue weighted by molar-refractivity contribution is 6.34. The quantitative estimate of drug-likeness (QED) is 0.178. The Bertz CT molecular complexity index is 1810. The second kappa shape index (κ2) is 11.6. The van der Waals surface area contributed by atoms with Gasteiger partial charge in [0.2, 0.25) is 0 Å². The van der Waals surface area contributed by atoms with Crippen molar-refractivity contribution in [2.24, 2.45) is 5.10 Å². The second-order valence-electron chi connectivity index (χ2n) is 9.18. The maximum Gasteiger partial charge on any atom is 0.435 e. The second-order valence-corrected chi connectivity index (χ2v) is 9.59. The van der Waals surface area contributed by atoms with Gasteiger partial charge in [0.1, 0.15) is 17.3 Å². The first-order valence-corrected chi connectivity index (χ1v) is 12.8. The lowest BCUT2D eigenvalue weighted by atomic mass is 10.1. The van der Waals surface area contributed by atoms with Crippen molar-refractivity contribution in [1.29, 1.82) is 0 Å². The van der Waals surface area contributed by atoms with Crippen molar-refractivity contribution in [2.75, 3.05) is 5.01 Å². The number of hydrogen-bond donors (Lipinski definition) is 2. The highest BCUT2D eigenvalue weighted by Crippen LogP contribution is 2.34. The molecule has 4 aromatic rings. The van der Waals surface area contributed by atoms with E-state index >= 15 is 0 Å². The molecule has 3 aromatic carbocycles. The largest absolute Gasteiger partial charge is 0.478 e. The van der Waals surface area contributed by atoms with Crippen LogP contribution in [0.3, 0.4) is 0 Å². The SMILES string of the molecule is O=C(O)c1cccc(N2N=C(C(F)(F)F)C(=Cc3ccc(-c4ccc(Cl)c(C(=O)NCc5ccc(F)cc5)c4)o3)C2=O)c1. The van der Waals surface area contributed by atoms with Crippen LogP contribution < -0.4 is 10.3 Å². The lowest BCUT2D eigenvalue weighted by molar-refractivity contribution is -0.114. The highest BCUT2D eigenvalue weighted by atomic mass is 35.5. The van der Waals surface area contributed by atoms with E-state index in [2.05, 4.69) is 10.4 Å². The lowest BCUT2D eigenvalue weighted by Gasteiger charge is -2.11. The van der Waals surface area contributed by atoms with Crippen LogP contribution in [0, 0.1) is 5.82 Å². The van der Waals surface area contributed by atoms with Crippen LogP contribution in [0.1, 0.15) is 32.0 Å². The summed E-state index contributed by atoms with van der Waals surface area (Å²) in [6.07, 6.45) is -4.13. The zero-order chi connectivity index (χ0) is 30.9. The molecule has 0 spiro atoms. The van der Waals surface area contributed by atoms with E-state index in [9.17, 15) is 37.1 Å². The molecule has 0 atom stereocenters. The van der Waals surface area contributed by atoms with Gasteiger partial charge in [0.05, 0.1) is 27.4 Å². The van der Waals surface area contributed by atoms with Gasteiger partial charge in [-0.1, -0.05) is 29.8 Å². The van der Waals surface area contributed by atoms with Crippen LogP contribution in [-0.2, 0) is 11.3 Å². The van der Waals surface area contributed by atoms with E-state index in [1.54, 1.807) is 0 Å². The summed E-state index contributed by atoms with van der Waals surface area (Å²) >= 11 is 6.22. The van der Waals surface area contributed by atoms with Gasteiger partial charge in [0.25, 0.3) is 11.8 Å². The molecule has 1 aliphatic heterocycles. The number of nitrogens with one attached hydrogen (secondary N) is 1. The van der Waals surface area contributed by atoms with E-state index < -0.39 is 41.1 Å². The molecule has 0 aliphatic carbocycles. The third-order valence-electron chi connectivity index (χ3n) is 6.26. The van der Waals surface area contributed by atoms with Crippen LogP contribution in [-0.4, -0.2) is 34.8 Å². The maximum atomic E-state index is 13.9. The monoisotopic (exact) mass is 611 g/mol. The van der Waals surface area contributed by atoms with E-state index in [0.717, 1.165) is 12.1 Å². The number of carbonyl (C=O) groups excluding carboxylic acids is 2. The van der Waals surface area contributed by atoms with E-state index in [-0.39, 0.29) is 39.9 Å². The number of carbonyl (C=O) groups is 3. The Morgan fingerprint density at radius 2 is 1.77 bits per heavy atom. The van der Waals surface area contributed by atoms with Gasteiger partial charge in [-0.05, 0) is 72.3 Å². The molecule has 0 bridgehead atoms. The van der Waals surface area contributed by atoms with Crippen LogP contribution in [0.25, 0.3) is 17.4 Å². The topological polar surface area (TPSA) is 112 Å². The number of hydrogen-bond acceptors (Lipinski definition) is 5. The number of nitrogens with zero attached hydrogens (tertiary/aromatic N) is 2. The number of furan rings is 1. The zero-order valence-corrected chi connectivity index (χ0v) is 22.4. The molecule has 0 fully saturated rings. The molecule has 2 amide bonds. The summed E-state index contributed by atoms with van der Waals surface area (Å²) in [7, 11) is 0. The highest BCUT2D eigenvalue weighted by Gasteiger charge is 2.47. The van der Waals surface area contributed by atoms with Crippen molar-refractivity contribution >= 4 is 46.9 Å². The normalized spacial score (nSPS) is 14.3. The number of halogens is 5. The van der Waals surface area contributed by atoms with Gasteiger partial charge >= 0.3 is 12.1 Å². The first-order valence-electron chi connectivity index (χ1n) is 12.4. The number of anilines is 1. The van der Waals surface area contributed by atoms with Crippen LogP contribution in [0.15, 0.2) is 94.0 Å². The summed E-state index contributed by atoms with van der Waals surface area (Å²) in [5, 5.41) is 15.9. The van der Waals surface area contributed by atoms with E-state index in [1.807, 2.05) is 0 Å². The Morgan fingerprint density at radius 3 is 2.47 bits per heavy atom. The van der Waals surface area contributed by atoms with Crippen molar-refractivity contribution < 1.29 is 41.5 Å². The van der Waals surface area contributed by atoms with E-state index in [4.69, 9.17) is 16.0 Å². The summed E-state index contributed by atoms with van der Waals surface area (Å²) < 4.78 is 60.4. The smallest absolute Gasteiger partial charge is 0.435 e. The van der Waals surface area contributed by atoms with Gasteiger partial charge in [0.15, 0.2) is 5.71 Å². The van der Waals surface area contributed by atoms with Crippen molar-refractivity contribution in [3.8, 4) is 11.3 Å². The van der Waals surface area contributed by atoms with E-state index in [0.29, 0.717) is 16.1 Å². The van der Waals surface area contributed by atoms with Crippen molar-refractivity contribution in [2.45, 2.75) is 12.7 Å². The van der Waals surface area contributed by atoms with Crippen LogP contribution in [0.2, 0.25) is 5.02 Å². The number of amides is 2. The molecule has 0 radical (unpaired) electrons. The van der Waals surface area contributed by atoms with Gasteiger partial charge in [0, 0.05) is 12.1 Å². The van der Waals surface area contributed by atoms with Crippen molar-refractivity contribution in [3.63, 3.8) is 0 Å². The van der Waals surface area contributed by atoms with Crippen LogP contribution in [0.5, 0.6) is 0 Å². The van der Waals surface area contributed by atoms with Crippen molar-refractivity contribution in [3.05, 3.63) is 118 Å². The molecular formula is C30H18ClF4N3O5. The Morgan fingerprint density at radius 1 is 1.02 bits per heavy atom. The first kappa shape index (κ1) is 29.3. The summed E-state index contributed by atoms with van der Waals surface area (Å²) in [5.74, 6) is -3.37. The number of benzene rings is 3. The number of carboxylic acid groups (broad SMARTS) is 1. The van der Waals surface area contributed by atoms with E-state index in [1.165, 1.54) is 72.8 Å². The fourth-order valence-corrected chi connectivity index (χ4v) is 4.36. The average molecular weight is 612 g/mol. The lowest BCUT2D eigenvalue weighted by Crippen LogP contribution is -2.25. The predicted molar refractivity (Wildman–Crippen MR) is 149 cm³/mol. The molecule has 8 nitrogen and oxygen atoms in total. The molecule has 0 saturated heterocycles. The molecule has 0 unspecified atom stereocenters. The molecule has 13 heteroatoms. The maximum absolute atomic E-state index is 13.9. The van der Waals surface area contributed by atoms with Gasteiger partial charge in [-0.2, -0.15) is 23.3 Å². The fourth-order valence-electron chi connectivity index (χ4n) is 4.16. The fraction of sp³-hybridized carbons (Fsp3) is 0.0667. The predicted octanol–water partition coefficient (Wildman–Crippen LogP) is 6.72. The Labute approximate surface area is 245 Å². The van der Waals surface area contributed by atoms with Crippen molar-refractivity contribution in [1.82, 2.24) is 5.32 Å².